The Kier molecular flexibility index (Phi) is 6.78. The number of hydrogen-bond acceptors (Lipinski definition) is 4. The van der Waals surface area contributed by atoms with Crippen molar-refractivity contribution in [2.75, 3.05) is 28.6 Å². The second-order valence-electron chi connectivity index (χ2n) is 6.95. The largest absolute Gasteiger partial charge is 0.372 e. The van der Waals surface area contributed by atoms with Gasteiger partial charge in [-0.1, -0.05) is 6.07 Å². The highest BCUT2D eigenvalue weighted by molar-refractivity contribution is 6.14. The highest BCUT2D eigenvalue weighted by Gasteiger charge is 2.36. The number of rotatable bonds is 7. The minimum atomic E-state index is -1.29. The lowest BCUT2D eigenvalue weighted by Crippen LogP contribution is -2.41. The van der Waals surface area contributed by atoms with Gasteiger partial charge in [-0.15, -0.1) is 0 Å². The topological polar surface area (TPSA) is 85.2 Å². The van der Waals surface area contributed by atoms with Gasteiger partial charge in [-0.05, 0) is 70.2 Å². The van der Waals surface area contributed by atoms with Gasteiger partial charge < -0.3 is 15.5 Å². The van der Waals surface area contributed by atoms with Crippen LogP contribution in [0.15, 0.2) is 48.5 Å². The van der Waals surface area contributed by atoms with E-state index in [0.717, 1.165) is 18.8 Å². The third-order valence-corrected chi connectivity index (χ3v) is 4.64. The molecule has 0 saturated heterocycles. The SMILES string of the molecule is CCN(CC)c1ccc(NC(=O)C(C)(C)C(=O)Nc2cccc(C#N)c2)cc1. The maximum Gasteiger partial charge on any atom is 0.239 e. The average Bonchev–Trinajstić information content (AvgIpc) is 2.70. The first-order valence-electron chi connectivity index (χ1n) is 9.29. The summed E-state index contributed by atoms with van der Waals surface area (Å²) in [5.74, 6) is -0.850. The van der Waals surface area contributed by atoms with Crippen LogP contribution in [-0.2, 0) is 9.59 Å². The van der Waals surface area contributed by atoms with Crippen LogP contribution in [0.3, 0.4) is 0 Å². The van der Waals surface area contributed by atoms with Gasteiger partial charge in [-0.3, -0.25) is 9.59 Å². The minimum Gasteiger partial charge on any atom is -0.372 e. The Bertz CT molecular complexity index is 878. The maximum atomic E-state index is 12.7. The van der Waals surface area contributed by atoms with E-state index in [0.29, 0.717) is 16.9 Å². The Morgan fingerprint density at radius 2 is 1.54 bits per heavy atom. The molecule has 6 nitrogen and oxygen atoms in total. The molecule has 2 amide bonds. The molecule has 0 spiro atoms. The van der Waals surface area contributed by atoms with E-state index in [1.165, 1.54) is 0 Å². The zero-order valence-corrected chi connectivity index (χ0v) is 16.7. The quantitative estimate of drug-likeness (QED) is 0.713. The monoisotopic (exact) mass is 378 g/mol. The molecule has 0 bridgehead atoms. The molecule has 28 heavy (non-hydrogen) atoms. The summed E-state index contributed by atoms with van der Waals surface area (Å²) in [6, 6.07) is 16.1. The molecule has 0 aliphatic rings. The average molecular weight is 378 g/mol. The lowest BCUT2D eigenvalue weighted by molar-refractivity contribution is -0.135. The number of nitrogens with zero attached hydrogens (tertiary/aromatic N) is 2. The predicted octanol–water partition coefficient (Wildman–Crippen LogP) is 4.01. The van der Waals surface area contributed by atoms with E-state index >= 15 is 0 Å². The molecule has 0 radical (unpaired) electrons. The van der Waals surface area contributed by atoms with Crippen LogP contribution < -0.4 is 15.5 Å². The van der Waals surface area contributed by atoms with Gasteiger partial charge in [0.1, 0.15) is 5.41 Å². The van der Waals surface area contributed by atoms with Crippen LogP contribution in [0, 0.1) is 16.7 Å². The number of carbonyl (C=O) groups excluding carboxylic acids is 2. The van der Waals surface area contributed by atoms with Crippen molar-refractivity contribution in [1.29, 1.82) is 5.26 Å². The molecule has 0 saturated carbocycles. The molecule has 0 fully saturated rings. The first-order valence-corrected chi connectivity index (χ1v) is 9.29. The number of carbonyl (C=O) groups is 2. The van der Waals surface area contributed by atoms with Crippen molar-refractivity contribution in [2.45, 2.75) is 27.7 Å². The number of benzene rings is 2. The van der Waals surface area contributed by atoms with E-state index in [4.69, 9.17) is 5.26 Å². The minimum absolute atomic E-state index is 0.406. The van der Waals surface area contributed by atoms with Crippen molar-refractivity contribution in [1.82, 2.24) is 0 Å². The Hall–Kier alpha value is -3.33. The Labute approximate surface area is 166 Å². The van der Waals surface area contributed by atoms with Crippen molar-refractivity contribution in [3.8, 4) is 6.07 Å². The molecule has 0 aliphatic carbocycles. The number of hydrogen-bond donors (Lipinski definition) is 2. The first-order chi connectivity index (χ1) is 13.3. The van der Waals surface area contributed by atoms with Crippen LogP contribution in [0.4, 0.5) is 17.1 Å². The van der Waals surface area contributed by atoms with Gasteiger partial charge in [0.25, 0.3) is 0 Å². The van der Waals surface area contributed by atoms with E-state index in [2.05, 4.69) is 29.4 Å². The summed E-state index contributed by atoms with van der Waals surface area (Å²) in [5, 5.41) is 14.5. The van der Waals surface area contributed by atoms with Crippen LogP contribution in [-0.4, -0.2) is 24.9 Å². The van der Waals surface area contributed by atoms with Gasteiger partial charge in [0.15, 0.2) is 0 Å². The van der Waals surface area contributed by atoms with Gasteiger partial charge in [0.2, 0.25) is 11.8 Å². The van der Waals surface area contributed by atoms with Gasteiger partial charge in [-0.25, -0.2) is 0 Å². The van der Waals surface area contributed by atoms with E-state index < -0.39 is 17.2 Å². The fraction of sp³-hybridized carbons (Fsp3) is 0.318. The van der Waals surface area contributed by atoms with Crippen LogP contribution in [0.5, 0.6) is 0 Å². The summed E-state index contributed by atoms with van der Waals surface area (Å²) in [6.07, 6.45) is 0. The standard InChI is InChI=1S/C22H26N4O2/c1-5-26(6-2)19-12-10-17(11-13-19)24-20(27)22(3,4)21(28)25-18-9-7-8-16(14-18)15-23/h7-14H,5-6H2,1-4H3,(H,24,27)(H,25,28). The summed E-state index contributed by atoms with van der Waals surface area (Å²) in [7, 11) is 0. The van der Waals surface area contributed by atoms with Gasteiger partial charge in [-0.2, -0.15) is 5.26 Å². The normalized spacial score (nSPS) is 10.7. The zero-order chi connectivity index (χ0) is 20.7. The molecular weight excluding hydrogens is 352 g/mol. The van der Waals surface area contributed by atoms with Gasteiger partial charge in [0, 0.05) is 30.2 Å². The second kappa shape index (κ2) is 9.05. The van der Waals surface area contributed by atoms with E-state index in [-0.39, 0.29) is 0 Å². The van der Waals surface area contributed by atoms with Crippen molar-refractivity contribution >= 4 is 28.9 Å². The highest BCUT2D eigenvalue weighted by atomic mass is 16.2. The van der Waals surface area contributed by atoms with E-state index in [9.17, 15) is 9.59 Å². The summed E-state index contributed by atoms with van der Waals surface area (Å²) < 4.78 is 0. The maximum absolute atomic E-state index is 12.7. The second-order valence-corrected chi connectivity index (χ2v) is 6.95. The van der Waals surface area contributed by atoms with E-state index in [1.54, 1.807) is 38.1 Å². The molecule has 0 atom stereocenters. The molecule has 2 aromatic carbocycles. The zero-order valence-electron chi connectivity index (χ0n) is 16.7. The van der Waals surface area contributed by atoms with E-state index in [1.807, 2.05) is 30.3 Å². The first kappa shape index (κ1) is 21.0. The van der Waals surface area contributed by atoms with Crippen molar-refractivity contribution in [3.05, 3.63) is 54.1 Å². The summed E-state index contributed by atoms with van der Waals surface area (Å²) in [4.78, 5) is 27.5. The van der Waals surface area contributed by atoms with Crippen LogP contribution in [0.25, 0.3) is 0 Å². The molecule has 2 aromatic rings. The Morgan fingerprint density at radius 1 is 0.964 bits per heavy atom. The fourth-order valence-electron chi connectivity index (χ4n) is 2.69. The summed E-state index contributed by atoms with van der Waals surface area (Å²) in [5.41, 5.74) is 1.34. The van der Waals surface area contributed by atoms with Crippen LogP contribution >= 0.6 is 0 Å². The molecule has 2 N–H and O–H groups in total. The molecule has 0 heterocycles. The van der Waals surface area contributed by atoms with Crippen molar-refractivity contribution in [2.24, 2.45) is 5.41 Å². The van der Waals surface area contributed by atoms with Crippen molar-refractivity contribution in [3.63, 3.8) is 0 Å². The highest BCUT2D eigenvalue weighted by Crippen LogP contribution is 2.23. The molecule has 2 rings (SSSR count). The smallest absolute Gasteiger partial charge is 0.239 e. The van der Waals surface area contributed by atoms with Crippen LogP contribution in [0.2, 0.25) is 0 Å². The molecular formula is C22H26N4O2. The van der Waals surface area contributed by atoms with Gasteiger partial charge in [0.05, 0.1) is 11.6 Å². The van der Waals surface area contributed by atoms with Gasteiger partial charge >= 0.3 is 0 Å². The Balaban J connectivity index is 2.07. The molecule has 0 unspecified atom stereocenters. The number of nitrogens with one attached hydrogen (secondary N) is 2. The lowest BCUT2D eigenvalue weighted by atomic mass is 9.90. The fourth-order valence-corrected chi connectivity index (χ4v) is 2.69. The molecule has 146 valence electrons. The van der Waals surface area contributed by atoms with Crippen molar-refractivity contribution < 1.29 is 9.59 Å². The number of nitriles is 1. The predicted molar refractivity (Wildman–Crippen MR) is 112 cm³/mol. The number of amides is 2. The third-order valence-electron chi connectivity index (χ3n) is 4.64. The lowest BCUT2D eigenvalue weighted by Gasteiger charge is -2.24. The number of anilines is 3. The molecule has 0 aliphatic heterocycles. The summed E-state index contributed by atoms with van der Waals surface area (Å²) in [6.45, 7) is 9.12. The van der Waals surface area contributed by atoms with Crippen LogP contribution in [0.1, 0.15) is 33.3 Å². The summed E-state index contributed by atoms with van der Waals surface area (Å²) >= 11 is 0. The Morgan fingerprint density at radius 3 is 2.07 bits per heavy atom. The molecule has 0 aromatic heterocycles. The third kappa shape index (κ3) is 4.89. The molecule has 6 heteroatoms.